The van der Waals surface area contributed by atoms with Gasteiger partial charge in [0, 0.05) is 12.3 Å². The van der Waals surface area contributed by atoms with E-state index < -0.39 is 21.1 Å². The van der Waals surface area contributed by atoms with Crippen LogP contribution in [0.4, 0.5) is 10.1 Å². The molecule has 1 aliphatic rings. The average molecular weight is 314 g/mol. The fourth-order valence-corrected chi connectivity index (χ4v) is 3.22. The summed E-state index contributed by atoms with van der Waals surface area (Å²) in [4.78, 5) is 12.3. The SMILES string of the molecule is CC1(C(=O)Nc2cc(S(C)(=O)=O)ccc2F)CCCC1N. The lowest BCUT2D eigenvalue weighted by molar-refractivity contribution is -0.125. The van der Waals surface area contributed by atoms with E-state index >= 15 is 0 Å². The van der Waals surface area contributed by atoms with Crippen molar-refractivity contribution in [2.24, 2.45) is 11.1 Å². The van der Waals surface area contributed by atoms with Crippen molar-refractivity contribution < 1.29 is 17.6 Å². The summed E-state index contributed by atoms with van der Waals surface area (Å²) in [6.07, 6.45) is 3.25. The van der Waals surface area contributed by atoms with Gasteiger partial charge in [-0.2, -0.15) is 0 Å². The third-order valence-electron chi connectivity index (χ3n) is 4.16. The predicted molar refractivity (Wildman–Crippen MR) is 78.1 cm³/mol. The van der Waals surface area contributed by atoms with E-state index in [9.17, 15) is 17.6 Å². The molecule has 1 aliphatic carbocycles. The van der Waals surface area contributed by atoms with Crippen LogP contribution in [0.3, 0.4) is 0 Å². The zero-order chi connectivity index (χ0) is 15.8. The molecule has 0 heterocycles. The molecule has 0 spiro atoms. The second-order valence-electron chi connectivity index (χ2n) is 5.78. The van der Waals surface area contributed by atoms with Crippen LogP contribution in [0.1, 0.15) is 26.2 Å². The number of anilines is 1. The summed E-state index contributed by atoms with van der Waals surface area (Å²) in [6.45, 7) is 1.75. The van der Waals surface area contributed by atoms with E-state index in [1.54, 1.807) is 6.92 Å². The Labute approximate surface area is 123 Å². The minimum absolute atomic E-state index is 0.0416. The zero-order valence-corrected chi connectivity index (χ0v) is 12.8. The molecule has 5 nitrogen and oxygen atoms in total. The molecule has 1 amide bonds. The lowest BCUT2D eigenvalue weighted by atomic mass is 9.84. The average Bonchev–Trinajstić information content (AvgIpc) is 2.72. The van der Waals surface area contributed by atoms with Crippen LogP contribution in [0, 0.1) is 11.2 Å². The van der Waals surface area contributed by atoms with E-state index in [1.165, 1.54) is 6.07 Å². The first-order chi connectivity index (χ1) is 9.64. The molecule has 2 atom stereocenters. The van der Waals surface area contributed by atoms with Gasteiger partial charge in [0.05, 0.1) is 16.0 Å². The standard InChI is InChI=1S/C14H19FN2O3S/c1-14(7-3-4-12(14)16)13(18)17-11-8-9(21(2,19)20)5-6-10(11)15/h5-6,8,12H,3-4,7,16H2,1-2H3,(H,17,18). The van der Waals surface area contributed by atoms with Crippen LogP contribution in [0.5, 0.6) is 0 Å². The molecule has 0 aromatic heterocycles. The van der Waals surface area contributed by atoms with Gasteiger partial charge >= 0.3 is 0 Å². The quantitative estimate of drug-likeness (QED) is 0.831. The molecule has 21 heavy (non-hydrogen) atoms. The lowest BCUT2D eigenvalue weighted by Crippen LogP contribution is -2.44. The van der Waals surface area contributed by atoms with E-state index in [1.807, 2.05) is 0 Å². The summed E-state index contributed by atoms with van der Waals surface area (Å²) in [6, 6.07) is 3.05. The third-order valence-corrected chi connectivity index (χ3v) is 5.27. The molecule has 0 bridgehead atoms. The van der Waals surface area contributed by atoms with Gasteiger partial charge in [0.25, 0.3) is 0 Å². The molecule has 1 saturated carbocycles. The van der Waals surface area contributed by atoms with Crippen molar-refractivity contribution in [3.63, 3.8) is 0 Å². The Hall–Kier alpha value is -1.47. The van der Waals surface area contributed by atoms with Gasteiger partial charge < -0.3 is 11.1 Å². The maximum Gasteiger partial charge on any atom is 0.231 e. The summed E-state index contributed by atoms with van der Waals surface area (Å²) in [7, 11) is -3.47. The maximum atomic E-state index is 13.8. The highest BCUT2D eigenvalue weighted by molar-refractivity contribution is 7.90. The maximum absolute atomic E-state index is 13.8. The van der Waals surface area contributed by atoms with Crippen LogP contribution in [-0.4, -0.2) is 26.6 Å². The van der Waals surface area contributed by atoms with Crippen molar-refractivity contribution in [2.45, 2.75) is 37.1 Å². The van der Waals surface area contributed by atoms with Crippen molar-refractivity contribution in [2.75, 3.05) is 11.6 Å². The van der Waals surface area contributed by atoms with Crippen LogP contribution in [0.25, 0.3) is 0 Å². The number of hydrogen-bond acceptors (Lipinski definition) is 4. The molecule has 7 heteroatoms. The fraction of sp³-hybridized carbons (Fsp3) is 0.500. The second-order valence-corrected chi connectivity index (χ2v) is 7.80. The van der Waals surface area contributed by atoms with Gasteiger partial charge in [-0.25, -0.2) is 12.8 Å². The van der Waals surface area contributed by atoms with Gasteiger partial charge in [0.2, 0.25) is 5.91 Å². The number of amides is 1. The largest absolute Gasteiger partial charge is 0.327 e. The molecular weight excluding hydrogens is 295 g/mol. The monoisotopic (exact) mass is 314 g/mol. The normalized spacial score (nSPS) is 25.8. The van der Waals surface area contributed by atoms with Gasteiger partial charge in [0.1, 0.15) is 5.82 Å². The van der Waals surface area contributed by atoms with Gasteiger partial charge in [0.15, 0.2) is 9.84 Å². The Morgan fingerprint density at radius 2 is 2.14 bits per heavy atom. The molecule has 116 valence electrons. The minimum Gasteiger partial charge on any atom is -0.327 e. The Kier molecular flexibility index (Phi) is 4.08. The number of nitrogens with one attached hydrogen (secondary N) is 1. The molecule has 0 saturated heterocycles. The summed E-state index contributed by atoms with van der Waals surface area (Å²) >= 11 is 0. The molecule has 0 radical (unpaired) electrons. The van der Waals surface area contributed by atoms with Crippen LogP contribution < -0.4 is 11.1 Å². The number of rotatable bonds is 3. The topological polar surface area (TPSA) is 89.3 Å². The number of nitrogens with two attached hydrogens (primary N) is 1. The summed E-state index contributed by atoms with van der Waals surface area (Å²) in [5, 5.41) is 2.48. The summed E-state index contributed by atoms with van der Waals surface area (Å²) in [5.74, 6) is -1.05. The number of benzene rings is 1. The highest BCUT2D eigenvalue weighted by atomic mass is 32.2. The molecule has 2 unspecified atom stereocenters. The molecule has 3 N–H and O–H groups in total. The lowest BCUT2D eigenvalue weighted by Gasteiger charge is -2.27. The smallest absolute Gasteiger partial charge is 0.231 e. The van der Waals surface area contributed by atoms with Crippen LogP contribution in [0.15, 0.2) is 23.1 Å². The van der Waals surface area contributed by atoms with Crippen LogP contribution in [-0.2, 0) is 14.6 Å². The Bertz CT molecular complexity index is 675. The van der Waals surface area contributed by atoms with Crippen molar-refractivity contribution in [1.82, 2.24) is 0 Å². The van der Waals surface area contributed by atoms with E-state index in [0.29, 0.717) is 6.42 Å². The number of carbonyl (C=O) groups is 1. The Balaban J connectivity index is 2.29. The second kappa shape index (κ2) is 5.38. The minimum atomic E-state index is -3.47. The number of hydrogen-bond donors (Lipinski definition) is 2. The number of carbonyl (C=O) groups excluding carboxylic acids is 1. The van der Waals surface area contributed by atoms with Crippen molar-refractivity contribution in [1.29, 1.82) is 0 Å². The van der Waals surface area contributed by atoms with E-state index in [0.717, 1.165) is 31.2 Å². The Morgan fingerprint density at radius 3 is 2.67 bits per heavy atom. The molecular formula is C14H19FN2O3S. The van der Waals surface area contributed by atoms with Gasteiger partial charge in [-0.05, 0) is 38.0 Å². The van der Waals surface area contributed by atoms with E-state index in [2.05, 4.69) is 5.32 Å². The van der Waals surface area contributed by atoms with Gasteiger partial charge in [-0.3, -0.25) is 4.79 Å². The first kappa shape index (κ1) is 15.9. The van der Waals surface area contributed by atoms with Crippen LogP contribution >= 0.6 is 0 Å². The third kappa shape index (κ3) is 3.08. The Morgan fingerprint density at radius 1 is 1.48 bits per heavy atom. The highest BCUT2D eigenvalue weighted by Gasteiger charge is 2.43. The van der Waals surface area contributed by atoms with E-state index in [-0.39, 0.29) is 22.5 Å². The fourth-order valence-electron chi connectivity index (χ4n) is 2.57. The summed E-state index contributed by atoms with van der Waals surface area (Å²) in [5.41, 5.74) is 5.06. The first-order valence-corrected chi connectivity index (χ1v) is 8.60. The van der Waals surface area contributed by atoms with Gasteiger partial charge in [-0.1, -0.05) is 6.42 Å². The van der Waals surface area contributed by atoms with Crippen molar-refractivity contribution in [3.05, 3.63) is 24.0 Å². The van der Waals surface area contributed by atoms with Crippen molar-refractivity contribution >= 4 is 21.4 Å². The predicted octanol–water partition coefficient (Wildman–Crippen LogP) is 1.69. The molecule has 2 rings (SSSR count). The molecule has 1 fully saturated rings. The number of halogens is 1. The zero-order valence-electron chi connectivity index (χ0n) is 12.0. The first-order valence-electron chi connectivity index (χ1n) is 6.71. The van der Waals surface area contributed by atoms with Crippen LogP contribution in [0.2, 0.25) is 0 Å². The molecule has 1 aromatic carbocycles. The molecule has 0 aliphatic heterocycles. The van der Waals surface area contributed by atoms with Crippen molar-refractivity contribution in [3.8, 4) is 0 Å². The number of sulfone groups is 1. The van der Waals surface area contributed by atoms with E-state index in [4.69, 9.17) is 5.73 Å². The molecule has 1 aromatic rings. The summed E-state index contributed by atoms with van der Waals surface area (Å²) < 4.78 is 36.8. The highest BCUT2D eigenvalue weighted by Crippen LogP contribution is 2.38. The van der Waals surface area contributed by atoms with Gasteiger partial charge in [-0.15, -0.1) is 0 Å².